The lowest BCUT2D eigenvalue weighted by atomic mass is 9.61. The van der Waals surface area contributed by atoms with Gasteiger partial charge in [0.1, 0.15) is 0 Å². The molecule has 0 bridgehead atoms. The zero-order chi connectivity index (χ0) is 52.4. The van der Waals surface area contributed by atoms with Crippen LogP contribution in [0.4, 0.5) is 114 Å². The first kappa shape index (κ1) is 58.7. The van der Waals surface area contributed by atoms with Crippen LogP contribution in [0.1, 0.15) is 20.8 Å². The van der Waals surface area contributed by atoms with Crippen LogP contribution in [-0.2, 0) is 42.8 Å². The molecule has 2 atom stereocenters. The van der Waals surface area contributed by atoms with Crippen molar-refractivity contribution in [1.29, 1.82) is 0 Å². The summed E-state index contributed by atoms with van der Waals surface area (Å²) in [6.07, 6.45) is -50.7. The van der Waals surface area contributed by atoms with Gasteiger partial charge in [0.05, 0.1) is 0 Å². The number of alkyl halides is 26. The van der Waals surface area contributed by atoms with Gasteiger partial charge in [0.15, 0.2) is 25.7 Å². The summed E-state index contributed by atoms with van der Waals surface area (Å²) >= 11 is 0. The predicted octanol–water partition coefficient (Wildman–Crippen LogP) is 9.81. The van der Waals surface area contributed by atoms with Gasteiger partial charge in [-0.15, -0.1) is 0 Å². The Morgan fingerprint density at radius 3 is 0.862 bits per heavy atom. The van der Waals surface area contributed by atoms with Crippen molar-refractivity contribution in [1.82, 2.24) is 0 Å². The third kappa shape index (κ3) is 9.76. The number of carbonyl (C=O) groups is 3. The fraction of sp³-hybridized carbons (Fsp3) is 0.700. The number of hydrogen-bond donors (Lipinski definition) is 0. The third-order valence-corrected chi connectivity index (χ3v) is 7.90. The molecule has 1 rings (SSSR count). The van der Waals surface area contributed by atoms with Crippen LogP contribution in [-0.4, -0.2) is 121 Å². The van der Waals surface area contributed by atoms with Crippen molar-refractivity contribution in [2.75, 3.05) is 19.8 Å². The van der Waals surface area contributed by atoms with E-state index in [-0.39, 0.29) is 0 Å². The van der Waals surface area contributed by atoms with E-state index in [0.29, 0.717) is 20.8 Å². The van der Waals surface area contributed by atoms with Gasteiger partial charge in [0, 0.05) is 16.7 Å². The maximum Gasteiger partial charge on any atom is 0.427 e. The first-order valence-electron chi connectivity index (χ1n) is 15.7. The van der Waals surface area contributed by atoms with E-state index in [2.05, 4.69) is 33.9 Å². The van der Waals surface area contributed by atoms with Crippen molar-refractivity contribution in [2.24, 2.45) is 5.92 Å². The summed E-state index contributed by atoms with van der Waals surface area (Å²) in [5.41, 5.74) is -22.6. The highest BCUT2D eigenvalue weighted by atomic mass is 19.4. The summed E-state index contributed by atoms with van der Waals surface area (Å²) in [5, 5.41) is 0. The van der Waals surface area contributed by atoms with E-state index in [1.807, 2.05) is 0 Å². The van der Waals surface area contributed by atoms with Gasteiger partial charge < -0.3 is 14.2 Å². The largest absolute Gasteiger partial charge is 0.456 e. The van der Waals surface area contributed by atoms with Gasteiger partial charge in [0.25, 0.3) is 0 Å². The average Bonchev–Trinajstić information content (AvgIpc) is 3.07. The molecular weight excluding hydrogens is 998 g/mol. The number of ether oxygens (including phenoxy) is 6. The molecule has 1 saturated carbocycles. The minimum Gasteiger partial charge on any atom is -0.456 e. The quantitative estimate of drug-likeness (QED) is 0.0481. The van der Waals surface area contributed by atoms with Crippen LogP contribution in [0.3, 0.4) is 0 Å². The molecule has 0 aromatic carbocycles. The Morgan fingerprint density at radius 1 is 0.431 bits per heavy atom. The molecule has 9 nitrogen and oxygen atoms in total. The summed E-state index contributed by atoms with van der Waals surface area (Å²) < 4.78 is 403. The predicted molar refractivity (Wildman–Crippen MR) is 151 cm³/mol. The van der Waals surface area contributed by atoms with Crippen LogP contribution >= 0.6 is 0 Å². The molecule has 0 radical (unpaired) electrons. The first-order chi connectivity index (χ1) is 28.2. The third-order valence-electron chi connectivity index (χ3n) is 7.90. The molecule has 65 heavy (non-hydrogen) atoms. The van der Waals surface area contributed by atoms with E-state index in [1.165, 1.54) is 9.47 Å². The van der Waals surface area contributed by atoms with Gasteiger partial charge in [0.2, 0.25) is 0 Å². The monoisotopic (exact) mass is 1020 g/mol. The standard InChI is InChI=1S/C30H22F26O9/c1-10(2)13(57)60-7-17(31,32)26(47,48)63-22(41,42)16-20(37,38)23(43,29(53,54)64-27(49,50)18(33,34)8-61-14(58)11(3)4)25(45,46)24(44,21(16,39)40)30(55,56)65-28(51,52)19(35,36)9-62-15(59)12(5)6/h16H,1,3,5,7-9H2,2,4,6H3. The van der Waals surface area contributed by atoms with Crippen molar-refractivity contribution >= 4 is 17.9 Å². The summed E-state index contributed by atoms with van der Waals surface area (Å²) in [6, 6.07) is 0. The zero-order valence-electron chi connectivity index (χ0n) is 31.3. The van der Waals surface area contributed by atoms with Crippen LogP contribution in [0, 0.1) is 5.92 Å². The molecule has 1 aliphatic carbocycles. The van der Waals surface area contributed by atoms with E-state index in [9.17, 15) is 67.1 Å². The van der Waals surface area contributed by atoms with Crippen molar-refractivity contribution in [2.45, 2.75) is 104 Å². The Hall–Kier alpha value is -4.31. The smallest absolute Gasteiger partial charge is 0.427 e. The van der Waals surface area contributed by atoms with Crippen molar-refractivity contribution in [3.8, 4) is 0 Å². The molecule has 378 valence electrons. The molecule has 35 heteroatoms. The van der Waals surface area contributed by atoms with E-state index in [0.717, 1.165) is 0 Å². The highest BCUT2D eigenvalue weighted by Crippen LogP contribution is 2.75. The lowest BCUT2D eigenvalue weighted by Crippen LogP contribution is -2.90. The van der Waals surface area contributed by atoms with Gasteiger partial charge in [-0.1, -0.05) is 19.7 Å². The molecule has 0 saturated heterocycles. The SMILES string of the molecule is C=C(C)C(=O)OCC(F)(F)C(F)(F)OC(F)(F)C1C(F)(F)C(F)(C(F)(F)OC(F)(F)C(F)(F)COC(=O)C(=C)C)C(F)(F)C(F)(C(F)(F)OC(F)(F)C(F)(F)COC(=O)C(=C)C)C1(F)F. The van der Waals surface area contributed by atoms with Gasteiger partial charge in [-0.2, -0.15) is 87.8 Å². The van der Waals surface area contributed by atoms with E-state index in [4.69, 9.17) is 0 Å². The second kappa shape index (κ2) is 17.1. The summed E-state index contributed by atoms with van der Waals surface area (Å²) in [7, 11) is 0. The minimum atomic E-state index is -9.74. The molecular formula is C30H22F26O9. The average molecular weight is 1020 g/mol. The maximum absolute atomic E-state index is 16.1. The highest BCUT2D eigenvalue weighted by molar-refractivity contribution is 5.87. The fourth-order valence-corrected chi connectivity index (χ4v) is 4.46. The van der Waals surface area contributed by atoms with Crippen molar-refractivity contribution in [3.63, 3.8) is 0 Å². The zero-order valence-corrected chi connectivity index (χ0v) is 31.3. The number of hydrogen-bond acceptors (Lipinski definition) is 9. The highest BCUT2D eigenvalue weighted by Gasteiger charge is 3.06. The normalized spacial score (nSPS) is 23.3. The lowest BCUT2D eigenvalue weighted by molar-refractivity contribution is -0.568. The second-order valence-electron chi connectivity index (χ2n) is 13.2. The molecule has 0 aliphatic heterocycles. The molecule has 0 N–H and O–H groups in total. The summed E-state index contributed by atoms with van der Waals surface area (Å²) in [6.45, 7) is -1.12. The molecule has 0 aromatic heterocycles. The molecule has 0 spiro atoms. The van der Waals surface area contributed by atoms with Gasteiger partial charge in [-0.05, 0) is 20.8 Å². The van der Waals surface area contributed by atoms with Crippen LogP contribution in [0.25, 0.3) is 0 Å². The molecule has 0 aromatic rings. The number of rotatable bonds is 21. The Bertz CT molecular complexity index is 1790. The van der Waals surface area contributed by atoms with Crippen LogP contribution in [0.2, 0.25) is 0 Å². The minimum absolute atomic E-state index is 0.489. The van der Waals surface area contributed by atoms with Crippen molar-refractivity contribution in [3.05, 3.63) is 36.5 Å². The number of halogens is 26. The van der Waals surface area contributed by atoms with Gasteiger partial charge in [-0.3, -0.25) is 0 Å². The van der Waals surface area contributed by atoms with Gasteiger partial charge >= 0.3 is 101 Å². The maximum atomic E-state index is 16.1. The van der Waals surface area contributed by atoms with Crippen LogP contribution in [0.15, 0.2) is 36.5 Å². The lowest BCUT2D eigenvalue weighted by Gasteiger charge is -2.58. The summed E-state index contributed by atoms with van der Waals surface area (Å²) in [5.74, 6) is -64.1. The summed E-state index contributed by atoms with van der Waals surface area (Å²) in [4.78, 5) is 33.8. The molecule has 1 aliphatic rings. The van der Waals surface area contributed by atoms with Crippen molar-refractivity contribution < 1.29 is 157 Å². The first-order valence-corrected chi connectivity index (χ1v) is 15.7. The topological polar surface area (TPSA) is 107 Å². The Labute approximate surface area is 342 Å². The number of carbonyl (C=O) groups excluding carboxylic acids is 3. The molecule has 0 amide bonds. The van der Waals surface area contributed by atoms with E-state index < -0.39 is 144 Å². The number of esters is 3. The van der Waals surface area contributed by atoms with E-state index in [1.54, 1.807) is 4.74 Å². The van der Waals surface area contributed by atoms with Crippen LogP contribution in [0.5, 0.6) is 0 Å². The van der Waals surface area contributed by atoms with E-state index >= 15 is 61.5 Å². The fourth-order valence-electron chi connectivity index (χ4n) is 4.46. The molecule has 1 fully saturated rings. The van der Waals surface area contributed by atoms with Gasteiger partial charge in [-0.25, -0.2) is 54.9 Å². The molecule has 2 unspecified atom stereocenters. The Balaban J connectivity index is 4.48. The Kier molecular flexibility index (Phi) is 15.4. The Morgan fingerprint density at radius 2 is 0.646 bits per heavy atom. The molecule has 0 heterocycles. The van der Waals surface area contributed by atoms with Crippen LogP contribution < -0.4 is 0 Å². The second-order valence-corrected chi connectivity index (χ2v) is 13.2.